The molecular formula is C15H18N2O3. The minimum atomic E-state index is -0.121. The standard InChI is InChI=1S/C15H18N2O3/c1-5-12-9(2)15(18)17-14(16-12)11-7-6-10(19-3)8-13(11)20-4/h6-8H,5H2,1-4H3,(H,16,17,18). The van der Waals surface area contributed by atoms with Crippen molar-refractivity contribution in [3.05, 3.63) is 39.8 Å². The van der Waals surface area contributed by atoms with E-state index in [1.54, 1.807) is 27.2 Å². The molecule has 0 spiro atoms. The van der Waals surface area contributed by atoms with E-state index in [1.807, 2.05) is 19.1 Å². The number of hydrogen-bond acceptors (Lipinski definition) is 4. The largest absolute Gasteiger partial charge is 0.497 e. The van der Waals surface area contributed by atoms with Crippen molar-refractivity contribution >= 4 is 0 Å². The van der Waals surface area contributed by atoms with Gasteiger partial charge >= 0.3 is 0 Å². The molecule has 5 heteroatoms. The van der Waals surface area contributed by atoms with Crippen molar-refractivity contribution in [3.8, 4) is 22.9 Å². The van der Waals surface area contributed by atoms with Crippen LogP contribution >= 0.6 is 0 Å². The van der Waals surface area contributed by atoms with E-state index in [1.165, 1.54) is 0 Å². The Kier molecular flexibility index (Phi) is 4.08. The number of aryl methyl sites for hydroxylation is 1. The normalized spacial score (nSPS) is 10.4. The number of rotatable bonds is 4. The maximum atomic E-state index is 12.0. The van der Waals surface area contributed by atoms with Gasteiger partial charge in [-0.3, -0.25) is 4.79 Å². The SMILES string of the molecule is CCc1nc(-c2ccc(OC)cc2OC)[nH]c(=O)c1C. The fraction of sp³-hybridized carbons (Fsp3) is 0.333. The van der Waals surface area contributed by atoms with E-state index in [4.69, 9.17) is 9.47 Å². The fourth-order valence-corrected chi connectivity index (χ4v) is 2.05. The van der Waals surface area contributed by atoms with Gasteiger partial charge in [0.05, 0.1) is 25.5 Å². The van der Waals surface area contributed by atoms with E-state index >= 15 is 0 Å². The average molecular weight is 274 g/mol. The first-order chi connectivity index (χ1) is 9.60. The molecule has 0 atom stereocenters. The summed E-state index contributed by atoms with van der Waals surface area (Å²) in [6.45, 7) is 3.75. The van der Waals surface area contributed by atoms with Gasteiger partial charge in [-0.15, -0.1) is 0 Å². The molecule has 2 rings (SSSR count). The van der Waals surface area contributed by atoms with Gasteiger partial charge in [-0.2, -0.15) is 0 Å². The molecule has 0 fully saturated rings. The highest BCUT2D eigenvalue weighted by molar-refractivity contribution is 5.65. The van der Waals surface area contributed by atoms with E-state index in [2.05, 4.69) is 9.97 Å². The van der Waals surface area contributed by atoms with E-state index in [0.29, 0.717) is 29.3 Å². The van der Waals surface area contributed by atoms with Crippen molar-refractivity contribution < 1.29 is 9.47 Å². The van der Waals surface area contributed by atoms with Gasteiger partial charge in [-0.25, -0.2) is 4.98 Å². The third-order valence-electron chi connectivity index (χ3n) is 3.25. The Hall–Kier alpha value is -2.30. The van der Waals surface area contributed by atoms with Crippen LogP contribution in [0.25, 0.3) is 11.4 Å². The van der Waals surface area contributed by atoms with Crippen LogP contribution in [0.3, 0.4) is 0 Å². The summed E-state index contributed by atoms with van der Waals surface area (Å²) in [6, 6.07) is 5.40. The smallest absolute Gasteiger partial charge is 0.254 e. The molecule has 0 saturated heterocycles. The van der Waals surface area contributed by atoms with Crippen LogP contribution in [-0.4, -0.2) is 24.2 Å². The quantitative estimate of drug-likeness (QED) is 0.929. The third kappa shape index (κ3) is 2.52. The van der Waals surface area contributed by atoms with Crippen LogP contribution in [0.1, 0.15) is 18.2 Å². The highest BCUT2D eigenvalue weighted by Crippen LogP contribution is 2.31. The fourth-order valence-electron chi connectivity index (χ4n) is 2.05. The molecule has 0 radical (unpaired) electrons. The first kappa shape index (κ1) is 14.1. The molecule has 0 amide bonds. The summed E-state index contributed by atoms with van der Waals surface area (Å²) in [5, 5.41) is 0. The van der Waals surface area contributed by atoms with Crippen molar-refractivity contribution in [1.29, 1.82) is 0 Å². The number of H-pyrrole nitrogens is 1. The molecule has 0 bridgehead atoms. The molecule has 106 valence electrons. The summed E-state index contributed by atoms with van der Waals surface area (Å²) in [4.78, 5) is 19.3. The Labute approximate surface area is 117 Å². The Morgan fingerprint density at radius 1 is 1.25 bits per heavy atom. The molecule has 1 heterocycles. The highest BCUT2D eigenvalue weighted by Gasteiger charge is 2.12. The van der Waals surface area contributed by atoms with Crippen LogP contribution < -0.4 is 15.0 Å². The Morgan fingerprint density at radius 3 is 2.60 bits per heavy atom. The molecule has 1 aromatic carbocycles. The number of nitrogens with one attached hydrogen (secondary N) is 1. The monoisotopic (exact) mass is 274 g/mol. The predicted molar refractivity (Wildman–Crippen MR) is 77.5 cm³/mol. The van der Waals surface area contributed by atoms with Crippen molar-refractivity contribution in [2.45, 2.75) is 20.3 Å². The van der Waals surface area contributed by atoms with Crippen molar-refractivity contribution in [2.24, 2.45) is 0 Å². The number of methoxy groups -OCH3 is 2. The minimum Gasteiger partial charge on any atom is -0.497 e. The zero-order valence-corrected chi connectivity index (χ0v) is 12.1. The average Bonchev–Trinajstić information content (AvgIpc) is 2.49. The molecule has 5 nitrogen and oxygen atoms in total. The Bertz CT molecular complexity index is 677. The number of aromatic amines is 1. The summed E-state index contributed by atoms with van der Waals surface area (Å²) < 4.78 is 10.5. The first-order valence-electron chi connectivity index (χ1n) is 6.42. The van der Waals surface area contributed by atoms with Gasteiger partial charge in [0.2, 0.25) is 0 Å². The zero-order valence-electron chi connectivity index (χ0n) is 12.1. The molecule has 0 aliphatic rings. The minimum absolute atomic E-state index is 0.121. The lowest BCUT2D eigenvalue weighted by atomic mass is 10.1. The van der Waals surface area contributed by atoms with Crippen LogP contribution in [0.5, 0.6) is 11.5 Å². The molecule has 1 aromatic heterocycles. The zero-order chi connectivity index (χ0) is 14.7. The molecule has 0 saturated carbocycles. The van der Waals surface area contributed by atoms with Gasteiger partial charge in [-0.05, 0) is 25.5 Å². The lowest BCUT2D eigenvalue weighted by Crippen LogP contribution is -2.15. The first-order valence-corrected chi connectivity index (χ1v) is 6.42. The van der Waals surface area contributed by atoms with E-state index < -0.39 is 0 Å². The van der Waals surface area contributed by atoms with Gasteiger partial charge in [0.15, 0.2) is 0 Å². The summed E-state index contributed by atoms with van der Waals surface area (Å²) in [5.41, 5.74) is 2.06. The number of benzene rings is 1. The van der Waals surface area contributed by atoms with E-state index in [-0.39, 0.29) is 5.56 Å². The lowest BCUT2D eigenvalue weighted by Gasteiger charge is -2.11. The second-order valence-corrected chi connectivity index (χ2v) is 4.41. The van der Waals surface area contributed by atoms with Gasteiger partial charge < -0.3 is 14.5 Å². The summed E-state index contributed by atoms with van der Waals surface area (Å²) >= 11 is 0. The summed E-state index contributed by atoms with van der Waals surface area (Å²) in [7, 11) is 3.17. The molecule has 1 N–H and O–H groups in total. The van der Waals surface area contributed by atoms with Crippen LogP contribution in [0.4, 0.5) is 0 Å². The molecule has 0 aliphatic carbocycles. The molecule has 0 aliphatic heterocycles. The molecule has 0 unspecified atom stereocenters. The Morgan fingerprint density at radius 2 is 2.00 bits per heavy atom. The number of hydrogen-bond donors (Lipinski definition) is 1. The second kappa shape index (κ2) is 5.77. The highest BCUT2D eigenvalue weighted by atomic mass is 16.5. The maximum absolute atomic E-state index is 12.0. The van der Waals surface area contributed by atoms with Crippen molar-refractivity contribution in [3.63, 3.8) is 0 Å². The van der Waals surface area contributed by atoms with Gasteiger partial charge in [0.25, 0.3) is 5.56 Å². The van der Waals surface area contributed by atoms with Gasteiger partial charge in [0.1, 0.15) is 17.3 Å². The summed E-state index contributed by atoms with van der Waals surface area (Å²) in [5.74, 6) is 1.81. The molecule has 2 aromatic rings. The predicted octanol–water partition coefficient (Wildman–Crippen LogP) is 2.32. The second-order valence-electron chi connectivity index (χ2n) is 4.41. The van der Waals surface area contributed by atoms with E-state index in [9.17, 15) is 4.79 Å². The topological polar surface area (TPSA) is 64.2 Å². The van der Waals surface area contributed by atoms with Crippen molar-refractivity contribution in [1.82, 2.24) is 9.97 Å². The number of ether oxygens (including phenoxy) is 2. The van der Waals surface area contributed by atoms with Crippen LogP contribution in [0.15, 0.2) is 23.0 Å². The van der Waals surface area contributed by atoms with Gasteiger partial charge in [0, 0.05) is 11.6 Å². The summed E-state index contributed by atoms with van der Waals surface area (Å²) in [6.07, 6.45) is 0.710. The molecule has 20 heavy (non-hydrogen) atoms. The maximum Gasteiger partial charge on any atom is 0.254 e. The van der Waals surface area contributed by atoms with Crippen LogP contribution in [-0.2, 0) is 6.42 Å². The van der Waals surface area contributed by atoms with Crippen LogP contribution in [0, 0.1) is 6.92 Å². The third-order valence-corrected chi connectivity index (χ3v) is 3.25. The van der Waals surface area contributed by atoms with Gasteiger partial charge in [-0.1, -0.05) is 6.92 Å². The lowest BCUT2D eigenvalue weighted by molar-refractivity contribution is 0.395. The van der Waals surface area contributed by atoms with Crippen molar-refractivity contribution in [2.75, 3.05) is 14.2 Å². The number of nitrogens with zero attached hydrogens (tertiary/aromatic N) is 1. The Balaban J connectivity index is 2.62. The number of aromatic nitrogens is 2. The van der Waals surface area contributed by atoms with E-state index in [0.717, 1.165) is 11.3 Å². The molecular weight excluding hydrogens is 256 g/mol. The van der Waals surface area contributed by atoms with Crippen LogP contribution in [0.2, 0.25) is 0 Å².